The lowest BCUT2D eigenvalue weighted by Gasteiger charge is -2.33. The highest BCUT2D eigenvalue weighted by Gasteiger charge is 2.49. The van der Waals surface area contributed by atoms with E-state index >= 15 is 4.39 Å². The van der Waals surface area contributed by atoms with Gasteiger partial charge in [0.2, 0.25) is 0 Å². The predicted molar refractivity (Wildman–Crippen MR) is 190 cm³/mol. The van der Waals surface area contributed by atoms with Crippen LogP contribution in [0.4, 0.5) is 37.8 Å². The molecule has 2 saturated heterocycles. The van der Waals surface area contributed by atoms with E-state index in [2.05, 4.69) is 21.8 Å². The van der Waals surface area contributed by atoms with E-state index in [1.807, 2.05) is 11.8 Å². The first-order chi connectivity index (χ1) is 26.1. The van der Waals surface area contributed by atoms with Crippen LogP contribution >= 0.6 is 0 Å². The van der Waals surface area contributed by atoms with Gasteiger partial charge in [0, 0.05) is 62.4 Å². The molecule has 0 spiro atoms. The highest BCUT2D eigenvalue weighted by molar-refractivity contribution is 5.93. The monoisotopic (exact) mass is 772 g/mol. The first kappa shape index (κ1) is 38.5. The summed E-state index contributed by atoms with van der Waals surface area (Å²) >= 11 is 0. The summed E-state index contributed by atoms with van der Waals surface area (Å²) in [5.41, 5.74) is 5.02. The van der Waals surface area contributed by atoms with Crippen LogP contribution in [0, 0.1) is 30.5 Å². The maximum atomic E-state index is 15.8. The third kappa shape index (κ3) is 7.21. The van der Waals surface area contributed by atoms with Crippen molar-refractivity contribution < 1.29 is 40.6 Å². The Morgan fingerprint density at radius 2 is 1.98 bits per heavy atom. The Bertz CT molecular complexity index is 2100. The second kappa shape index (κ2) is 14.7. The van der Waals surface area contributed by atoms with Gasteiger partial charge in [0.05, 0.1) is 47.4 Å². The van der Waals surface area contributed by atoms with Gasteiger partial charge in [-0.05, 0) is 64.1 Å². The SMILES string of the molecule is CC#Cc1cc(N)c(F)c(C2Cc3nc(OC[C@]45CCCN4C[C@@H](C=C(F)F)C5)nc(N4CCCn5nc(C(=O)N(C)C)c(C)c5C4)c3CO2)c1C(F)(F)F. The summed E-state index contributed by atoms with van der Waals surface area (Å²) in [6, 6.07) is 0.827. The molecule has 4 aliphatic rings. The molecule has 0 aliphatic carbocycles. The van der Waals surface area contributed by atoms with Gasteiger partial charge < -0.3 is 25.0 Å². The Morgan fingerprint density at radius 3 is 2.69 bits per heavy atom. The van der Waals surface area contributed by atoms with Crippen molar-refractivity contribution in [1.82, 2.24) is 29.5 Å². The minimum absolute atomic E-state index is 0.0501. The van der Waals surface area contributed by atoms with Crippen LogP contribution in [0.2, 0.25) is 0 Å². The summed E-state index contributed by atoms with van der Waals surface area (Å²) in [7, 11) is 3.30. The van der Waals surface area contributed by atoms with Crippen molar-refractivity contribution >= 4 is 17.4 Å². The molecule has 1 amide bonds. The summed E-state index contributed by atoms with van der Waals surface area (Å²) in [4.78, 5) is 28.1. The van der Waals surface area contributed by atoms with Gasteiger partial charge in [-0.1, -0.05) is 5.92 Å². The first-order valence-electron chi connectivity index (χ1n) is 18.2. The number of halogens is 6. The fourth-order valence-electron chi connectivity index (χ4n) is 8.58. The standard InChI is InChI=1S/C38H42F6N8O3/c1-5-8-23-14-25(45)32(41)30(31(23)38(42,43)44)28-15-26-24(19-54-28)34(50-10-7-12-52-27(18-50)21(2)33(48-52)35(53)49(3)4)47-36(46-26)55-20-37-9-6-11-51(37)17-22(16-37)13-29(39)40/h13-14,22,28H,6-7,9-12,15-20,45H2,1-4H3/t22-,28?,37+/m0/s1. The summed E-state index contributed by atoms with van der Waals surface area (Å²) in [5, 5.41) is 4.61. The summed E-state index contributed by atoms with van der Waals surface area (Å²) in [6.45, 7) is 5.55. The number of hydrogen-bond donors (Lipinski definition) is 1. The minimum atomic E-state index is -4.98. The van der Waals surface area contributed by atoms with Crippen molar-refractivity contribution in [2.45, 2.75) is 83.5 Å². The Kier molecular flexibility index (Phi) is 10.3. The number of nitrogen functional groups attached to an aromatic ring is 1. The van der Waals surface area contributed by atoms with Gasteiger partial charge in [0.1, 0.15) is 12.4 Å². The Balaban J connectivity index is 1.29. The molecular formula is C38H42F6N8O3. The van der Waals surface area contributed by atoms with E-state index in [0.717, 1.165) is 37.2 Å². The number of hydrogen-bond acceptors (Lipinski definition) is 9. The second-order valence-corrected chi connectivity index (χ2v) is 14.8. The third-order valence-electron chi connectivity index (χ3n) is 11.1. The lowest BCUT2D eigenvalue weighted by atomic mass is 9.90. The maximum Gasteiger partial charge on any atom is 0.418 e. The molecule has 2 aromatic heterocycles. The first-order valence-corrected chi connectivity index (χ1v) is 18.2. The normalized spacial score (nSPS) is 22.3. The van der Waals surface area contributed by atoms with Gasteiger partial charge in [-0.2, -0.15) is 37.0 Å². The number of carbonyl (C=O) groups is 1. The van der Waals surface area contributed by atoms with E-state index in [1.165, 1.54) is 11.8 Å². The van der Waals surface area contributed by atoms with Crippen molar-refractivity contribution in [2.24, 2.45) is 5.92 Å². The van der Waals surface area contributed by atoms with Gasteiger partial charge in [-0.15, -0.1) is 5.92 Å². The van der Waals surface area contributed by atoms with Gasteiger partial charge in [-0.25, -0.2) is 4.39 Å². The molecule has 0 bridgehead atoms. The van der Waals surface area contributed by atoms with E-state index in [9.17, 15) is 26.7 Å². The topological polar surface area (TPSA) is 115 Å². The second-order valence-electron chi connectivity index (χ2n) is 14.8. The van der Waals surface area contributed by atoms with E-state index < -0.39 is 52.1 Å². The van der Waals surface area contributed by atoms with Gasteiger partial charge >= 0.3 is 12.2 Å². The number of amides is 1. The van der Waals surface area contributed by atoms with Crippen molar-refractivity contribution in [3.05, 3.63) is 68.9 Å². The number of anilines is 2. The molecular weight excluding hydrogens is 730 g/mol. The van der Waals surface area contributed by atoms with Crippen LogP contribution in [0.15, 0.2) is 18.2 Å². The number of rotatable bonds is 7. The molecule has 0 saturated carbocycles. The molecule has 4 aliphatic heterocycles. The minimum Gasteiger partial charge on any atom is -0.461 e. The molecule has 3 aromatic rings. The summed E-state index contributed by atoms with van der Waals surface area (Å²) in [6.07, 6.45) is -4.77. The molecule has 17 heteroatoms. The van der Waals surface area contributed by atoms with Crippen molar-refractivity contribution in [3.8, 4) is 17.9 Å². The number of carbonyl (C=O) groups excluding carboxylic acids is 1. The molecule has 2 fully saturated rings. The Hall–Kier alpha value is -4.82. The summed E-state index contributed by atoms with van der Waals surface area (Å²) in [5.74, 6) is 3.45. The quantitative estimate of drug-likeness (QED) is 0.175. The molecule has 3 atom stereocenters. The zero-order chi connectivity index (χ0) is 39.4. The highest BCUT2D eigenvalue weighted by Crippen LogP contribution is 2.46. The lowest BCUT2D eigenvalue weighted by Crippen LogP contribution is -2.43. The number of aromatic nitrogens is 4. The van der Waals surface area contributed by atoms with Crippen LogP contribution in [-0.2, 0) is 37.0 Å². The number of aryl methyl sites for hydroxylation is 1. The zero-order valence-corrected chi connectivity index (χ0v) is 31.0. The molecule has 55 heavy (non-hydrogen) atoms. The number of nitrogens with zero attached hydrogens (tertiary/aromatic N) is 7. The van der Waals surface area contributed by atoms with Crippen molar-refractivity contribution in [1.29, 1.82) is 0 Å². The number of alkyl halides is 3. The average molecular weight is 773 g/mol. The van der Waals surface area contributed by atoms with Crippen LogP contribution in [-0.4, -0.2) is 81.3 Å². The number of benzene rings is 1. The van der Waals surface area contributed by atoms with E-state index in [1.54, 1.807) is 18.8 Å². The largest absolute Gasteiger partial charge is 0.461 e. The molecule has 7 rings (SSSR count). The molecule has 1 aromatic carbocycles. The van der Waals surface area contributed by atoms with E-state index in [-0.39, 0.29) is 44.0 Å². The molecule has 11 nitrogen and oxygen atoms in total. The zero-order valence-electron chi connectivity index (χ0n) is 31.0. The van der Waals surface area contributed by atoms with Crippen molar-refractivity contribution in [2.75, 3.05) is 51.0 Å². The summed E-state index contributed by atoms with van der Waals surface area (Å²) < 4.78 is 100. The maximum absolute atomic E-state index is 15.8. The smallest absolute Gasteiger partial charge is 0.418 e. The van der Waals surface area contributed by atoms with E-state index in [4.69, 9.17) is 25.2 Å². The predicted octanol–water partition coefficient (Wildman–Crippen LogP) is 6.03. The fraction of sp³-hybridized carbons (Fsp3) is 0.526. The van der Waals surface area contributed by atoms with Gasteiger partial charge in [-0.3, -0.25) is 14.4 Å². The molecule has 1 unspecified atom stereocenters. The molecule has 294 valence electrons. The van der Waals surface area contributed by atoms with Crippen LogP contribution in [0.5, 0.6) is 6.01 Å². The molecule has 2 N–H and O–H groups in total. The lowest BCUT2D eigenvalue weighted by molar-refractivity contribution is -0.140. The fourth-order valence-corrected chi connectivity index (χ4v) is 8.58. The van der Waals surface area contributed by atoms with E-state index in [0.29, 0.717) is 60.8 Å². The Morgan fingerprint density at radius 1 is 1.20 bits per heavy atom. The van der Waals surface area contributed by atoms with Gasteiger partial charge in [0.25, 0.3) is 12.0 Å². The third-order valence-corrected chi connectivity index (χ3v) is 11.1. The Labute approximate surface area is 314 Å². The van der Waals surface area contributed by atoms with Crippen LogP contribution < -0.4 is 15.4 Å². The highest BCUT2D eigenvalue weighted by atomic mass is 19.4. The molecule has 0 radical (unpaired) electrons. The number of nitrogens with two attached hydrogens (primary N) is 1. The number of fused-ring (bicyclic) bond motifs is 3. The average Bonchev–Trinajstić information content (AvgIpc) is 3.70. The van der Waals surface area contributed by atoms with Crippen molar-refractivity contribution in [3.63, 3.8) is 0 Å². The van der Waals surface area contributed by atoms with Crippen LogP contribution in [0.3, 0.4) is 0 Å². The van der Waals surface area contributed by atoms with Crippen LogP contribution in [0.1, 0.15) is 88.4 Å². The van der Waals surface area contributed by atoms with Gasteiger partial charge in [0.15, 0.2) is 11.5 Å². The van der Waals surface area contributed by atoms with Crippen LogP contribution in [0.25, 0.3) is 0 Å². The number of ether oxygens (including phenoxy) is 2. The molecule has 6 heterocycles.